The third-order valence-corrected chi connectivity index (χ3v) is 10.8. The van der Waals surface area contributed by atoms with E-state index >= 15 is 0 Å². The molecular weight excluding hydrogens is 853 g/mol. The van der Waals surface area contributed by atoms with Gasteiger partial charge in [-0.3, -0.25) is 14.4 Å². The molecule has 0 rings (SSSR count). The first-order chi connectivity index (χ1) is 34.0. The highest BCUT2D eigenvalue weighted by Gasteiger charge is 2.19. The lowest BCUT2D eigenvalue weighted by Gasteiger charge is -2.18. The maximum atomic E-state index is 12.8. The zero-order valence-corrected chi connectivity index (χ0v) is 43.8. The van der Waals surface area contributed by atoms with E-state index in [2.05, 4.69) is 106 Å². The second-order valence-electron chi connectivity index (χ2n) is 17.3. The van der Waals surface area contributed by atoms with E-state index in [1.165, 1.54) is 64.2 Å². The van der Waals surface area contributed by atoms with Crippen molar-refractivity contribution in [3.8, 4) is 0 Å². The number of rotatable bonds is 46. The third kappa shape index (κ3) is 53.8. The summed E-state index contributed by atoms with van der Waals surface area (Å²) in [7, 11) is 0. The summed E-state index contributed by atoms with van der Waals surface area (Å²) in [4.78, 5) is 38.1. The molecule has 0 aromatic heterocycles. The fraction of sp³-hybridized carbons (Fsp3) is 0.540. The molecule has 0 N–H and O–H groups in total. The van der Waals surface area contributed by atoms with Gasteiger partial charge in [-0.2, -0.15) is 0 Å². The van der Waals surface area contributed by atoms with Gasteiger partial charge >= 0.3 is 17.9 Å². The van der Waals surface area contributed by atoms with Gasteiger partial charge in [0.1, 0.15) is 13.2 Å². The quantitative estimate of drug-likeness (QED) is 0.0199. The molecule has 0 bridgehead atoms. The molecule has 0 aliphatic carbocycles. The molecule has 0 spiro atoms. The van der Waals surface area contributed by atoms with Gasteiger partial charge in [-0.05, 0) is 89.9 Å². The number of unbranched alkanes of at least 4 members (excludes halogenated alkanes) is 17. The summed E-state index contributed by atoms with van der Waals surface area (Å²) >= 11 is 0. The lowest BCUT2D eigenvalue weighted by molar-refractivity contribution is -0.167. The molecule has 0 aromatic rings. The Labute approximate surface area is 422 Å². The van der Waals surface area contributed by atoms with E-state index in [0.717, 1.165) is 83.5 Å². The highest BCUT2D eigenvalue weighted by Crippen LogP contribution is 2.13. The summed E-state index contributed by atoms with van der Waals surface area (Å²) in [6.45, 7) is 6.24. The first-order valence-electron chi connectivity index (χ1n) is 27.1. The van der Waals surface area contributed by atoms with Gasteiger partial charge in [-0.1, -0.05) is 249 Å². The zero-order valence-electron chi connectivity index (χ0n) is 43.8. The Hall–Kier alpha value is -4.97. The van der Waals surface area contributed by atoms with Crippen LogP contribution in [-0.2, 0) is 28.6 Å². The summed E-state index contributed by atoms with van der Waals surface area (Å²) < 4.78 is 16.7. The van der Waals surface area contributed by atoms with Crippen LogP contribution in [0.1, 0.15) is 201 Å². The molecule has 0 saturated carbocycles. The van der Waals surface area contributed by atoms with E-state index in [1.807, 2.05) is 72.9 Å². The minimum Gasteiger partial charge on any atom is -0.462 e. The first-order valence-corrected chi connectivity index (χ1v) is 27.1. The van der Waals surface area contributed by atoms with Crippen LogP contribution in [0, 0.1) is 0 Å². The van der Waals surface area contributed by atoms with Crippen molar-refractivity contribution in [1.29, 1.82) is 0 Å². The van der Waals surface area contributed by atoms with E-state index in [-0.39, 0.29) is 44.0 Å². The molecule has 0 radical (unpaired) electrons. The minimum atomic E-state index is -0.837. The second kappa shape index (κ2) is 55.6. The van der Waals surface area contributed by atoms with Gasteiger partial charge in [0.2, 0.25) is 0 Å². The standard InChI is InChI=1S/C63H96O6/c1-4-7-10-13-16-19-22-25-28-30-31-33-35-38-41-44-47-50-53-56-62(65)68-59-60(58-67-61(64)55-52-49-46-43-40-37-34-27-24-21-18-15-12-9-6-3)69-63(66)57-54-51-48-45-42-39-36-32-29-26-23-20-17-14-11-8-5-2/h7,9-10,12-13,15-16,18-19,21-22,24-26,28-31,33,35-36,38-39,41,45,48,60H,4-6,8,11,14,17,20,23,27,32,34,37,40,42-44,46-47,49-59H2,1-3H3/b10-7-,12-9-,16-13-,18-15-,22-19-,24-21-,28-25-,29-26-,31-30+,35-33-,39-36-,41-38-,48-45-. The topological polar surface area (TPSA) is 78.9 Å². The molecule has 0 aromatic carbocycles. The number of ether oxygens (including phenoxy) is 3. The summed E-state index contributed by atoms with van der Waals surface area (Å²) in [6.07, 6.45) is 80.8. The van der Waals surface area contributed by atoms with Crippen molar-refractivity contribution in [2.24, 2.45) is 0 Å². The lowest BCUT2D eigenvalue weighted by Crippen LogP contribution is -2.30. The van der Waals surface area contributed by atoms with Gasteiger partial charge in [0.15, 0.2) is 6.10 Å². The lowest BCUT2D eigenvalue weighted by atomic mass is 10.1. The molecule has 1 unspecified atom stereocenters. The van der Waals surface area contributed by atoms with Crippen molar-refractivity contribution < 1.29 is 28.6 Å². The van der Waals surface area contributed by atoms with Gasteiger partial charge in [0.05, 0.1) is 0 Å². The predicted molar refractivity (Wildman–Crippen MR) is 297 cm³/mol. The number of hydrogen-bond donors (Lipinski definition) is 0. The fourth-order valence-electron chi connectivity index (χ4n) is 6.73. The molecule has 0 aliphatic rings. The highest BCUT2D eigenvalue weighted by molar-refractivity contribution is 5.71. The molecule has 1 atom stereocenters. The Morgan fingerprint density at radius 2 is 0.638 bits per heavy atom. The maximum absolute atomic E-state index is 12.8. The van der Waals surface area contributed by atoms with E-state index in [1.54, 1.807) is 0 Å². The summed E-state index contributed by atoms with van der Waals surface area (Å²) in [6, 6.07) is 0. The summed E-state index contributed by atoms with van der Waals surface area (Å²) in [5.74, 6) is -1.05. The molecule has 0 fully saturated rings. The minimum absolute atomic E-state index is 0.127. The number of esters is 3. The maximum Gasteiger partial charge on any atom is 0.306 e. The normalized spacial score (nSPS) is 13.4. The Bertz CT molecular complexity index is 1610. The van der Waals surface area contributed by atoms with Crippen LogP contribution in [0.5, 0.6) is 0 Å². The van der Waals surface area contributed by atoms with Gasteiger partial charge in [0.25, 0.3) is 0 Å². The summed E-state index contributed by atoms with van der Waals surface area (Å²) in [5, 5.41) is 0. The van der Waals surface area contributed by atoms with Gasteiger partial charge in [-0.15, -0.1) is 0 Å². The Morgan fingerprint density at radius 3 is 1.07 bits per heavy atom. The predicted octanol–water partition coefficient (Wildman–Crippen LogP) is 18.2. The molecule has 6 heteroatoms. The third-order valence-electron chi connectivity index (χ3n) is 10.8. The number of allylic oxidation sites excluding steroid dienone is 26. The van der Waals surface area contributed by atoms with Crippen molar-refractivity contribution in [3.05, 3.63) is 158 Å². The number of carbonyl (C=O) groups excluding carboxylic acids is 3. The first kappa shape index (κ1) is 64.0. The van der Waals surface area contributed by atoms with Crippen LogP contribution < -0.4 is 0 Å². The SMILES string of the molecule is CC\C=C/C=C\C=C/C=C\C=C\C=C/C=C\CCCCCC(=O)OCC(COC(=O)CCCCCCCCC\C=C/C=C\C=C/CC)OC(=O)CCC/C=C\C/C=C\C/C=C\CCCCCCCC. The molecule has 0 heterocycles. The van der Waals surface area contributed by atoms with Crippen LogP contribution >= 0.6 is 0 Å². The van der Waals surface area contributed by atoms with Crippen LogP contribution in [0.2, 0.25) is 0 Å². The molecule has 69 heavy (non-hydrogen) atoms. The molecule has 384 valence electrons. The smallest absolute Gasteiger partial charge is 0.306 e. The van der Waals surface area contributed by atoms with E-state index in [4.69, 9.17) is 14.2 Å². The van der Waals surface area contributed by atoms with E-state index in [9.17, 15) is 14.4 Å². The fourth-order valence-corrected chi connectivity index (χ4v) is 6.73. The van der Waals surface area contributed by atoms with Crippen molar-refractivity contribution in [2.45, 2.75) is 207 Å². The highest BCUT2D eigenvalue weighted by atomic mass is 16.6. The van der Waals surface area contributed by atoms with Crippen LogP contribution in [-0.4, -0.2) is 37.2 Å². The van der Waals surface area contributed by atoms with Crippen LogP contribution in [0.3, 0.4) is 0 Å². The molecule has 6 nitrogen and oxygen atoms in total. The second-order valence-corrected chi connectivity index (χ2v) is 17.3. The summed E-state index contributed by atoms with van der Waals surface area (Å²) in [5.41, 5.74) is 0. The Kier molecular flexibility index (Phi) is 51.6. The van der Waals surface area contributed by atoms with Crippen molar-refractivity contribution in [2.75, 3.05) is 13.2 Å². The van der Waals surface area contributed by atoms with Crippen LogP contribution in [0.15, 0.2) is 158 Å². The van der Waals surface area contributed by atoms with Gasteiger partial charge < -0.3 is 14.2 Å². The Morgan fingerprint density at radius 1 is 0.319 bits per heavy atom. The van der Waals surface area contributed by atoms with Crippen molar-refractivity contribution >= 4 is 17.9 Å². The van der Waals surface area contributed by atoms with Crippen molar-refractivity contribution in [3.63, 3.8) is 0 Å². The van der Waals surface area contributed by atoms with E-state index < -0.39 is 6.10 Å². The average molecular weight is 949 g/mol. The largest absolute Gasteiger partial charge is 0.462 e. The van der Waals surface area contributed by atoms with E-state index in [0.29, 0.717) is 19.3 Å². The van der Waals surface area contributed by atoms with Gasteiger partial charge in [-0.25, -0.2) is 0 Å². The molecule has 0 amide bonds. The molecule has 0 aliphatic heterocycles. The van der Waals surface area contributed by atoms with Crippen LogP contribution in [0.25, 0.3) is 0 Å². The average Bonchev–Trinajstić information content (AvgIpc) is 3.35. The molecule has 0 saturated heterocycles. The number of carbonyl (C=O) groups is 3. The van der Waals surface area contributed by atoms with Gasteiger partial charge in [0, 0.05) is 19.3 Å². The zero-order chi connectivity index (χ0) is 50.0. The van der Waals surface area contributed by atoms with Crippen LogP contribution in [0.4, 0.5) is 0 Å². The Balaban J connectivity index is 4.62. The van der Waals surface area contributed by atoms with Crippen molar-refractivity contribution in [1.82, 2.24) is 0 Å². The number of hydrogen-bond acceptors (Lipinski definition) is 6. The monoisotopic (exact) mass is 949 g/mol. The molecular formula is C63H96O6.